The van der Waals surface area contributed by atoms with Crippen molar-refractivity contribution in [1.29, 1.82) is 0 Å². The van der Waals surface area contributed by atoms with Gasteiger partial charge in [-0.1, -0.05) is 36.3 Å². The monoisotopic (exact) mass is 489 g/mol. The van der Waals surface area contributed by atoms with E-state index in [1.165, 1.54) is 7.11 Å². The lowest BCUT2D eigenvalue weighted by atomic mass is 9.96. The fourth-order valence-electron chi connectivity index (χ4n) is 3.45. The molecule has 0 aliphatic heterocycles. The van der Waals surface area contributed by atoms with Gasteiger partial charge in [0.1, 0.15) is 6.04 Å². The van der Waals surface area contributed by atoms with Gasteiger partial charge in [-0.05, 0) is 53.7 Å². The number of esters is 1. The van der Waals surface area contributed by atoms with Crippen LogP contribution in [0, 0.1) is 11.8 Å². The first-order valence-electron chi connectivity index (χ1n) is 11.0. The van der Waals surface area contributed by atoms with Crippen molar-refractivity contribution < 1.29 is 19.1 Å². The second kappa shape index (κ2) is 12.6. The summed E-state index contributed by atoms with van der Waals surface area (Å²) in [5.41, 5.74) is 3.13. The van der Waals surface area contributed by atoms with Crippen molar-refractivity contribution in [2.75, 3.05) is 19.1 Å². The zero-order valence-corrected chi connectivity index (χ0v) is 20.7. The first-order chi connectivity index (χ1) is 16.9. The van der Waals surface area contributed by atoms with E-state index in [1.54, 1.807) is 47.1 Å². The van der Waals surface area contributed by atoms with Gasteiger partial charge in [-0.3, -0.25) is 9.59 Å². The van der Waals surface area contributed by atoms with Crippen LogP contribution in [0.4, 0.5) is 0 Å². The van der Waals surface area contributed by atoms with Crippen molar-refractivity contribution >= 4 is 29.4 Å². The van der Waals surface area contributed by atoms with Gasteiger partial charge in [-0.15, -0.1) is 0 Å². The number of nitrogens with zero attached hydrogens (tertiary/aromatic N) is 2. The largest absolute Gasteiger partial charge is 0.467 e. The van der Waals surface area contributed by atoms with Crippen molar-refractivity contribution in [3.05, 3.63) is 77.9 Å². The molecule has 0 unspecified atom stereocenters. The highest BCUT2D eigenvalue weighted by Gasteiger charge is 2.23. The molecule has 2 aromatic carbocycles. The first-order valence-corrected chi connectivity index (χ1v) is 12.4. The van der Waals surface area contributed by atoms with Crippen LogP contribution < -0.4 is 5.32 Å². The van der Waals surface area contributed by atoms with E-state index in [4.69, 9.17) is 4.74 Å². The van der Waals surface area contributed by atoms with E-state index in [2.05, 4.69) is 22.1 Å². The number of rotatable bonds is 9. The second-order valence-electron chi connectivity index (χ2n) is 7.84. The summed E-state index contributed by atoms with van der Waals surface area (Å²) in [7, 11) is 3.14. The molecule has 1 N–H and O–H groups in total. The summed E-state index contributed by atoms with van der Waals surface area (Å²) in [5, 5.41) is 2.80. The molecular weight excluding hydrogens is 462 g/mol. The van der Waals surface area contributed by atoms with E-state index in [9.17, 15) is 14.4 Å². The number of methoxy groups -OCH3 is 1. The molecule has 1 aromatic heterocycles. The van der Waals surface area contributed by atoms with E-state index in [1.807, 2.05) is 43.6 Å². The van der Waals surface area contributed by atoms with Gasteiger partial charge in [-0.2, -0.15) is 11.8 Å². The van der Waals surface area contributed by atoms with Crippen LogP contribution in [-0.2, 0) is 27.8 Å². The van der Waals surface area contributed by atoms with Gasteiger partial charge in [-0.25, -0.2) is 9.78 Å². The maximum Gasteiger partial charge on any atom is 0.328 e. The standard InChI is InChI=1S/C27H27N3O4S/c1-30-17-21(28-18-30)16-22(31)11-9-19-10-12-23(24(15-19)20-7-5-4-6-8-20)26(32)29-25(13-14-35-3)27(33)34-2/h4-8,10,12,15,17-18,25H,13-14,16H2,1-3H3,(H,29,32)/t25-/m0/s1. The van der Waals surface area contributed by atoms with Gasteiger partial charge >= 0.3 is 5.97 Å². The summed E-state index contributed by atoms with van der Waals surface area (Å²) in [4.78, 5) is 41.8. The Bertz CT molecular complexity index is 1260. The van der Waals surface area contributed by atoms with E-state index in [-0.39, 0.29) is 18.1 Å². The SMILES string of the molecule is COC(=O)[C@H](CCSC)NC(=O)c1ccc(C#CC(=O)Cc2cn(C)cn2)cc1-c1ccccc1. The molecule has 8 heteroatoms. The topological polar surface area (TPSA) is 90.3 Å². The fourth-order valence-corrected chi connectivity index (χ4v) is 3.92. The van der Waals surface area contributed by atoms with Crippen LogP contribution >= 0.6 is 11.8 Å². The lowest BCUT2D eigenvalue weighted by Crippen LogP contribution is -2.42. The van der Waals surface area contributed by atoms with Crippen molar-refractivity contribution in [2.24, 2.45) is 7.05 Å². The minimum absolute atomic E-state index is 0.130. The maximum absolute atomic E-state index is 13.2. The van der Waals surface area contributed by atoms with E-state index < -0.39 is 12.0 Å². The van der Waals surface area contributed by atoms with Crippen LogP contribution in [0.1, 0.15) is 28.0 Å². The minimum Gasteiger partial charge on any atom is -0.467 e. The molecule has 0 saturated heterocycles. The van der Waals surface area contributed by atoms with Crippen molar-refractivity contribution in [1.82, 2.24) is 14.9 Å². The fraction of sp³-hybridized carbons (Fsp3) is 0.259. The van der Waals surface area contributed by atoms with E-state index >= 15 is 0 Å². The van der Waals surface area contributed by atoms with Gasteiger partial charge < -0.3 is 14.6 Å². The number of aromatic nitrogens is 2. The van der Waals surface area contributed by atoms with Crippen molar-refractivity contribution in [2.45, 2.75) is 18.9 Å². The molecule has 180 valence electrons. The molecule has 0 fully saturated rings. The van der Waals surface area contributed by atoms with Crippen LogP contribution in [0.25, 0.3) is 11.1 Å². The molecule has 7 nitrogen and oxygen atoms in total. The summed E-state index contributed by atoms with van der Waals surface area (Å²) in [6.07, 6.45) is 5.94. The molecule has 0 radical (unpaired) electrons. The zero-order chi connectivity index (χ0) is 25.2. The Morgan fingerprint density at radius 3 is 2.60 bits per heavy atom. The van der Waals surface area contributed by atoms with Gasteiger partial charge in [0, 0.05) is 24.4 Å². The average molecular weight is 490 g/mol. The molecule has 0 aliphatic rings. The third kappa shape index (κ3) is 7.33. The molecule has 0 aliphatic carbocycles. The Morgan fingerprint density at radius 2 is 1.94 bits per heavy atom. The summed E-state index contributed by atoms with van der Waals surface area (Å²) in [5.74, 6) is 5.15. The molecule has 0 bridgehead atoms. The summed E-state index contributed by atoms with van der Waals surface area (Å²) < 4.78 is 6.64. The number of benzene rings is 2. The Labute approximate surface area is 209 Å². The molecule has 3 aromatic rings. The number of hydrogen-bond donors (Lipinski definition) is 1. The van der Waals surface area contributed by atoms with Crippen LogP contribution in [-0.4, -0.2) is 52.4 Å². The van der Waals surface area contributed by atoms with Crippen LogP contribution in [0.2, 0.25) is 0 Å². The number of aryl methyl sites for hydroxylation is 1. The van der Waals surface area contributed by atoms with Crippen molar-refractivity contribution in [3.63, 3.8) is 0 Å². The summed E-state index contributed by atoms with van der Waals surface area (Å²) in [6, 6.07) is 13.8. The third-order valence-corrected chi connectivity index (χ3v) is 5.84. The minimum atomic E-state index is -0.743. The van der Waals surface area contributed by atoms with Gasteiger partial charge in [0.05, 0.1) is 25.6 Å². The first kappa shape index (κ1) is 25.8. The highest BCUT2D eigenvalue weighted by Crippen LogP contribution is 2.25. The number of hydrogen-bond acceptors (Lipinski definition) is 6. The normalized spacial score (nSPS) is 11.2. The molecule has 35 heavy (non-hydrogen) atoms. The van der Waals surface area contributed by atoms with E-state index in [0.717, 1.165) is 5.56 Å². The van der Waals surface area contributed by atoms with Gasteiger partial charge in [0.25, 0.3) is 5.91 Å². The quantitative estimate of drug-likeness (QED) is 0.367. The Balaban J connectivity index is 1.88. The summed E-state index contributed by atoms with van der Waals surface area (Å²) >= 11 is 1.59. The lowest BCUT2D eigenvalue weighted by molar-refractivity contribution is -0.142. The maximum atomic E-state index is 13.2. The number of Topliss-reactive ketones (excluding diaryl/α,β-unsaturated/α-hetero) is 1. The molecular formula is C27H27N3O4S. The predicted molar refractivity (Wildman–Crippen MR) is 137 cm³/mol. The third-order valence-electron chi connectivity index (χ3n) is 5.20. The van der Waals surface area contributed by atoms with Crippen molar-refractivity contribution in [3.8, 4) is 23.0 Å². The number of carbonyl (C=O) groups excluding carboxylic acids is 3. The van der Waals surface area contributed by atoms with Gasteiger partial charge in [0.2, 0.25) is 5.78 Å². The highest BCUT2D eigenvalue weighted by atomic mass is 32.2. The molecule has 1 atom stereocenters. The average Bonchev–Trinajstić information content (AvgIpc) is 3.29. The molecule has 1 amide bonds. The molecule has 3 rings (SSSR count). The highest BCUT2D eigenvalue weighted by molar-refractivity contribution is 7.98. The number of thioether (sulfide) groups is 1. The Kier molecular flexibility index (Phi) is 9.27. The van der Waals surface area contributed by atoms with Gasteiger partial charge in [0.15, 0.2) is 0 Å². The van der Waals surface area contributed by atoms with Crippen LogP contribution in [0.5, 0.6) is 0 Å². The number of ether oxygens (including phenoxy) is 1. The number of amides is 1. The van der Waals surface area contributed by atoms with E-state index in [0.29, 0.717) is 34.6 Å². The number of nitrogens with one attached hydrogen (secondary N) is 1. The number of carbonyl (C=O) groups is 3. The van der Waals surface area contributed by atoms with Crippen LogP contribution in [0.15, 0.2) is 61.1 Å². The molecule has 1 heterocycles. The Morgan fingerprint density at radius 1 is 1.17 bits per heavy atom. The number of ketones is 1. The second-order valence-corrected chi connectivity index (χ2v) is 8.82. The predicted octanol–water partition coefficient (Wildman–Crippen LogP) is 3.27. The molecule has 0 spiro atoms. The lowest BCUT2D eigenvalue weighted by Gasteiger charge is -2.17. The molecule has 0 saturated carbocycles. The smallest absolute Gasteiger partial charge is 0.328 e. The Hall–Kier alpha value is -3.83. The van der Waals surface area contributed by atoms with Crippen LogP contribution in [0.3, 0.4) is 0 Å². The number of imidazole rings is 1. The summed E-state index contributed by atoms with van der Waals surface area (Å²) in [6.45, 7) is 0. The zero-order valence-electron chi connectivity index (χ0n) is 19.9.